The van der Waals surface area contributed by atoms with Crippen molar-refractivity contribution in [2.45, 2.75) is 92.8 Å². The van der Waals surface area contributed by atoms with Gasteiger partial charge in [0.05, 0.1) is 0 Å². The highest BCUT2D eigenvalue weighted by molar-refractivity contribution is 5.93. The van der Waals surface area contributed by atoms with E-state index >= 15 is 0 Å². The molecule has 0 spiro atoms. The third-order valence-electron chi connectivity index (χ3n) is 6.25. The third-order valence-corrected chi connectivity index (χ3v) is 6.25. The average molecular weight is 462 g/mol. The molecule has 4 nitrogen and oxygen atoms in total. The van der Waals surface area contributed by atoms with Crippen LogP contribution in [0.1, 0.15) is 100 Å². The molecule has 1 aliphatic rings. The van der Waals surface area contributed by atoms with Crippen molar-refractivity contribution in [1.29, 1.82) is 0 Å². The van der Waals surface area contributed by atoms with E-state index in [0.717, 1.165) is 45.7 Å². The van der Waals surface area contributed by atoms with Gasteiger partial charge < -0.3 is 15.2 Å². The van der Waals surface area contributed by atoms with Crippen molar-refractivity contribution in [1.82, 2.24) is 0 Å². The van der Waals surface area contributed by atoms with Crippen molar-refractivity contribution in [3.63, 3.8) is 0 Å². The van der Waals surface area contributed by atoms with E-state index in [0.29, 0.717) is 12.3 Å². The Labute approximate surface area is 215 Å². The molecule has 1 unspecified atom stereocenters. The number of aliphatic hydroxyl groups is 1. The largest absolute Gasteiger partial charge is 0.487 e. The summed E-state index contributed by atoms with van der Waals surface area (Å²) in [6.45, 7) is 18.6. The molecule has 33 heavy (non-hydrogen) atoms. The number of rotatable bonds is 5. The SMILES string of the molecule is Cc1c2c(c(C(O)c3ccc(C(C)C)cc3)c(C)c1NC(=O)CC(C)(C)C)OC(C)(C)C2.[Mg]. The maximum Gasteiger partial charge on any atom is 0.224 e. The molecule has 1 atom stereocenters. The summed E-state index contributed by atoms with van der Waals surface area (Å²) in [5.74, 6) is 1.18. The van der Waals surface area contributed by atoms with E-state index in [1.807, 2.05) is 26.0 Å². The average Bonchev–Trinajstić information content (AvgIpc) is 2.99. The Morgan fingerprint density at radius 2 is 1.64 bits per heavy atom. The first-order valence-electron chi connectivity index (χ1n) is 11.6. The summed E-state index contributed by atoms with van der Waals surface area (Å²) in [6.07, 6.45) is 0.333. The number of hydrogen-bond acceptors (Lipinski definition) is 3. The Morgan fingerprint density at radius 3 is 2.15 bits per heavy atom. The lowest BCUT2D eigenvalue weighted by atomic mass is 9.87. The number of carbonyl (C=O) groups is 1. The molecule has 176 valence electrons. The van der Waals surface area contributed by atoms with Gasteiger partial charge in [0.15, 0.2) is 0 Å². The highest BCUT2D eigenvalue weighted by Gasteiger charge is 2.37. The fourth-order valence-corrected chi connectivity index (χ4v) is 4.55. The van der Waals surface area contributed by atoms with E-state index in [1.165, 1.54) is 5.56 Å². The monoisotopic (exact) mass is 461 g/mol. The van der Waals surface area contributed by atoms with Crippen LogP contribution in [-0.4, -0.2) is 39.7 Å². The van der Waals surface area contributed by atoms with Crippen molar-refractivity contribution in [3.8, 4) is 5.75 Å². The number of benzene rings is 2. The molecule has 0 bridgehead atoms. The molecule has 3 rings (SSSR count). The maximum atomic E-state index is 12.8. The van der Waals surface area contributed by atoms with Gasteiger partial charge in [0.1, 0.15) is 17.5 Å². The van der Waals surface area contributed by atoms with E-state index < -0.39 is 6.10 Å². The van der Waals surface area contributed by atoms with Gasteiger partial charge in [-0.25, -0.2) is 0 Å². The number of nitrogens with one attached hydrogen (secondary N) is 1. The van der Waals surface area contributed by atoms with Crippen LogP contribution in [0.15, 0.2) is 24.3 Å². The highest BCUT2D eigenvalue weighted by Crippen LogP contribution is 2.48. The van der Waals surface area contributed by atoms with Gasteiger partial charge in [-0.15, -0.1) is 0 Å². The fraction of sp³-hybridized carbons (Fsp3) is 0.536. The van der Waals surface area contributed by atoms with E-state index in [-0.39, 0.29) is 40.0 Å². The number of aliphatic hydroxyl groups excluding tert-OH is 1. The second-order valence-corrected chi connectivity index (χ2v) is 11.4. The lowest BCUT2D eigenvalue weighted by Crippen LogP contribution is -2.25. The van der Waals surface area contributed by atoms with Gasteiger partial charge in [-0.05, 0) is 61.3 Å². The van der Waals surface area contributed by atoms with Crippen LogP contribution in [0.5, 0.6) is 5.75 Å². The van der Waals surface area contributed by atoms with Gasteiger partial charge in [-0.1, -0.05) is 58.9 Å². The zero-order chi connectivity index (χ0) is 24.0. The quantitative estimate of drug-likeness (QED) is 0.520. The van der Waals surface area contributed by atoms with E-state index in [9.17, 15) is 9.90 Å². The summed E-state index contributed by atoms with van der Waals surface area (Å²) in [5.41, 5.74) is 6.10. The summed E-state index contributed by atoms with van der Waals surface area (Å²) in [4.78, 5) is 12.8. The molecule has 2 aromatic rings. The van der Waals surface area contributed by atoms with Crippen molar-refractivity contribution in [2.75, 3.05) is 5.32 Å². The van der Waals surface area contributed by atoms with Gasteiger partial charge >= 0.3 is 0 Å². The zero-order valence-electron chi connectivity index (χ0n) is 21.8. The molecule has 1 heterocycles. The maximum absolute atomic E-state index is 12.8. The van der Waals surface area contributed by atoms with Gasteiger partial charge in [0, 0.05) is 52.7 Å². The number of fused-ring (bicyclic) bond motifs is 1. The van der Waals surface area contributed by atoms with Crippen LogP contribution >= 0.6 is 0 Å². The van der Waals surface area contributed by atoms with Crippen molar-refractivity contribution in [3.05, 3.63) is 57.6 Å². The minimum atomic E-state index is -0.835. The predicted molar refractivity (Wildman–Crippen MR) is 137 cm³/mol. The number of amides is 1. The van der Waals surface area contributed by atoms with Crippen LogP contribution in [0.25, 0.3) is 0 Å². The highest BCUT2D eigenvalue weighted by atomic mass is 24.3. The molecular weight excluding hydrogens is 423 g/mol. The topological polar surface area (TPSA) is 58.6 Å². The third kappa shape index (κ3) is 6.12. The van der Waals surface area contributed by atoms with Gasteiger partial charge in [0.2, 0.25) is 5.91 Å². The first kappa shape index (κ1) is 27.7. The predicted octanol–water partition coefficient (Wildman–Crippen LogP) is 6.22. The molecule has 0 aromatic heterocycles. The number of carbonyl (C=O) groups excluding carboxylic acids is 1. The first-order chi connectivity index (χ1) is 14.7. The van der Waals surface area contributed by atoms with Crippen LogP contribution < -0.4 is 10.1 Å². The molecule has 0 saturated carbocycles. The summed E-state index contributed by atoms with van der Waals surface area (Å²) in [5, 5.41) is 14.6. The van der Waals surface area contributed by atoms with Crippen LogP contribution in [0, 0.1) is 19.3 Å². The first-order valence-corrected chi connectivity index (χ1v) is 11.6. The van der Waals surface area contributed by atoms with Gasteiger partial charge in [0.25, 0.3) is 0 Å². The Morgan fingerprint density at radius 1 is 1.09 bits per heavy atom. The summed E-state index contributed by atoms with van der Waals surface area (Å²) < 4.78 is 6.36. The van der Waals surface area contributed by atoms with E-state index in [1.54, 1.807) is 0 Å². The summed E-state index contributed by atoms with van der Waals surface area (Å²) in [7, 11) is 0. The molecule has 0 fully saturated rings. The van der Waals surface area contributed by atoms with Crippen LogP contribution in [0.4, 0.5) is 5.69 Å². The second kappa shape index (κ2) is 9.97. The Balaban J connectivity index is 0.00000385. The van der Waals surface area contributed by atoms with Gasteiger partial charge in [-0.3, -0.25) is 4.79 Å². The Kier molecular flexibility index (Phi) is 8.36. The molecule has 2 N–H and O–H groups in total. The van der Waals surface area contributed by atoms with Crippen molar-refractivity contribution >= 4 is 34.6 Å². The van der Waals surface area contributed by atoms with E-state index in [2.05, 4.69) is 65.9 Å². The number of anilines is 1. The van der Waals surface area contributed by atoms with Crippen LogP contribution in [0.3, 0.4) is 0 Å². The molecule has 0 aliphatic carbocycles. The summed E-state index contributed by atoms with van der Waals surface area (Å²) in [6, 6.07) is 8.13. The van der Waals surface area contributed by atoms with Crippen molar-refractivity contribution < 1.29 is 14.6 Å². The Bertz CT molecular complexity index is 1020. The minimum absolute atomic E-state index is 0. The van der Waals surface area contributed by atoms with E-state index in [4.69, 9.17) is 4.74 Å². The number of ether oxygens (including phenoxy) is 1. The van der Waals surface area contributed by atoms with Crippen LogP contribution in [-0.2, 0) is 11.2 Å². The molecule has 5 heteroatoms. The molecule has 1 aliphatic heterocycles. The second-order valence-electron chi connectivity index (χ2n) is 11.4. The molecule has 2 aromatic carbocycles. The zero-order valence-corrected chi connectivity index (χ0v) is 23.3. The molecule has 2 radical (unpaired) electrons. The minimum Gasteiger partial charge on any atom is -0.487 e. The normalized spacial score (nSPS) is 15.5. The lowest BCUT2D eigenvalue weighted by Gasteiger charge is -2.25. The van der Waals surface area contributed by atoms with Gasteiger partial charge in [-0.2, -0.15) is 0 Å². The lowest BCUT2D eigenvalue weighted by molar-refractivity contribution is -0.117. The van der Waals surface area contributed by atoms with Crippen LogP contribution in [0.2, 0.25) is 0 Å². The Hall–Kier alpha value is -1.56. The summed E-state index contributed by atoms with van der Waals surface area (Å²) >= 11 is 0. The van der Waals surface area contributed by atoms with Crippen molar-refractivity contribution in [2.24, 2.45) is 5.41 Å². The molecule has 1 amide bonds. The standard InChI is InChI=1S/C28H39NO3.Mg/c1-16(2)19-10-12-20(13-11-19)25(31)23-18(4)24(29-22(30)15-27(5,6)7)17(3)21-14-28(8,9)32-26(21)23;/h10-13,16,25,31H,14-15H2,1-9H3,(H,29,30);. The fourth-order valence-electron chi connectivity index (χ4n) is 4.55. The molecular formula is C28H39MgNO3. The smallest absolute Gasteiger partial charge is 0.224 e. The molecule has 0 saturated heterocycles. The number of hydrogen-bond donors (Lipinski definition) is 2.